The molecule has 0 aliphatic heterocycles. The van der Waals surface area contributed by atoms with Gasteiger partial charge in [-0.2, -0.15) is 0 Å². The molecule has 0 unspecified atom stereocenters. The van der Waals surface area contributed by atoms with Crippen LogP contribution in [0.15, 0.2) is 60.7 Å². The van der Waals surface area contributed by atoms with Crippen molar-refractivity contribution in [3.8, 4) is 0 Å². The van der Waals surface area contributed by atoms with Gasteiger partial charge in [0.25, 0.3) is 5.91 Å². The van der Waals surface area contributed by atoms with Crippen molar-refractivity contribution < 1.29 is 14.4 Å². The van der Waals surface area contributed by atoms with Crippen LogP contribution in [0.2, 0.25) is 10.0 Å². The molecule has 4 aromatic rings. The fourth-order valence-electron chi connectivity index (χ4n) is 3.90. The van der Waals surface area contributed by atoms with Gasteiger partial charge in [-0.1, -0.05) is 40.9 Å². The van der Waals surface area contributed by atoms with E-state index in [9.17, 15) is 14.4 Å². The number of fused-ring (bicyclic) bond motifs is 1. The van der Waals surface area contributed by atoms with Gasteiger partial charge in [0.2, 0.25) is 0 Å². The van der Waals surface area contributed by atoms with Crippen molar-refractivity contribution in [2.24, 2.45) is 0 Å². The first-order chi connectivity index (χ1) is 16.6. The third-order valence-corrected chi connectivity index (χ3v) is 5.92. The molecule has 0 saturated heterocycles. The Hall–Kier alpha value is -3.81. The number of hydrogen-bond donors (Lipinski definition) is 3. The number of aromatic nitrogens is 1. The Morgan fingerprint density at radius 2 is 1.37 bits per heavy atom. The standard InChI is InChI=1S/C26H22Cl2N4O3/c1-14-10-15(2)23(16(3)11-14)30-25(34)26(35)31-32-21-9-6-19(28)12-17(21)13-22(32)24(33)29-20-7-4-18(27)5-8-20/h4-13H,1-3H3,(H,29,33)(H,30,34)(H,31,35). The number of nitrogens with one attached hydrogen (secondary N) is 3. The monoisotopic (exact) mass is 508 g/mol. The minimum absolute atomic E-state index is 0.112. The summed E-state index contributed by atoms with van der Waals surface area (Å²) in [6, 6.07) is 17.0. The molecule has 0 spiro atoms. The SMILES string of the molecule is Cc1cc(C)c(NC(=O)C(=O)Nn2c(C(=O)Nc3ccc(Cl)cc3)cc3cc(Cl)ccc32)c(C)c1. The van der Waals surface area contributed by atoms with Gasteiger partial charge in [-0.25, -0.2) is 4.68 Å². The van der Waals surface area contributed by atoms with E-state index in [4.69, 9.17) is 23.2 Å². The summed E-state index contributed by atoms with van der Waals surface area (Å²) < 4.78 is 1.27. The Morgan fingerprint density at radius 1 is 0.743 bits per heavy atom. The number of hydrogen-bond acceptors (Lipinski definition) is 3. The highest BCUT2D eigenvalue weighted by atomic mass is 35.5. The molecular formula is C26H22Cl2N4O3. The second-order valence-electron chi connectivity index (χ2n) is 8.20. The molecule has 0 aliphatic rings. The summed E-state index contributed by atoms with van der Waals surface area (Å²) >= 11 is 12.0. The summed E-state index contributed by atoms with van der Waals surface area (Å²) in [5.74, 6) is -2.29. The van der Waals surface area contributed by atoms with Crippen molar-refractivity contribution in [3.05, 3.63) is 93.1 Å². The van der Waals surface area contributed by atoms with Gasteiger partial charge in [-0.3, -0.25) is 19.8 Å². The maximum absolute atomic E-state index is 13.1. The largest absolute Gasteiger partial charge is 0.328 e. The number of carbonyl (C=O) groups excluding carboxylic acids is 3. The van der Waals surface area contributed by atoms with Crippen LogP contribution in [0.3, 0.4) is 0 Å². The number of rotatable bonds is 4. The molecule has 3 amide bonds. The van der Waals surface area contributed by atoms with Crippen LogP contribution in [0.5, 0.6) is 0 Å². The molecule has 178 valence electrons. The summed E-state index contributed by atoms with van der Waals surface area (Å²) in [4.78, 5) is 38.7. The predicted molar refractivity (Wildman–Crippen MR) is 140 cm³/mol. The van der Waals surface area contributed by atoms with Crippen molar-refractivity contribution in [2.45, 2.75) is 20.8 Å². The van der Waals surface area contributed by atoms with Gasteiger partial charge in [0.1, 0.15) is 5.69 Å². The molecule has 35 heavy (non-hydrogen) atoms. The van der Waals surface area contributed by atoms with Crippen LogP contribution in [0, 0.1) is 20.8 Å². The molecule has 3 N–H and O–H groups in total. The molecule has 0 atom stereocenters. The molecular weight excluding hydrogens is 487 g/mol. The van der Waals surface area contributed by atoms with E-state index in [2.05, 4.69) is 16.1 Å². The van der Waals surface area contributed by atoms with Gasteiger partial charge in [-0.15, -0.1) is 0 Å². The van der Waals surface area contributed by atoms with Gasteiger partial charge in [0, 0.05) is 26.8 Å². The number of benzene rings is 3. The van der Waals surface area contributed by atoms with Crippen LogP contribution < -0.4 is 16.1 Å². The predicted octanol–water partition coefficient (Wildman–Crippen LogP) is 5.83. The summed E-state index contributed by atoms with van der Waals surface area (Å²) in [6.45, 7) is 5.67. The van der Waals surface area contributed by atoms with E-state index < -0.39 is 17.7 Å². The third-order valence-electron chi connectivity index (χ3n) is 5.43. The number of carbonyl (C=O) groups is 3. The van der Waals surface area contributed by atoms with Gasteiger partial charge >= 0.3 is 11.8 Å². The molecule has 0 fully saturated rings. The maximum Gasteiger partial charge on any atom is 0.328 e. The molecule has 7 nitrogen and oxygen atoms in total. The molecule has 1 aromatic heterocycles. The van der Waals surface area contributed by atoms with Gasteiger partial charge in [-0.05, 0) is 80.4 Å². The first-order valence-corrected chi connectivity index (χ1v) is 11.5. The minimum atomic E-state index is -0.933. The second kappa shape index (κ2) is 9.82. The Bertz CT molecular complexity index is 1450. The minimum Gasteiger partial charge on any atom is -0.321 e. The highest BCUT2D eigenvalue weighted by molar-refractivity contribution is 6.42. The van der Waals surface area contributed by atoms with Crippen LogP contribution in [0.1, 0.15) is 27.2 Å². The van der Waals surface area contributed by atoms with E-state index in [1.807, 2.05) is 32.9 Å². The van der Waals surface area contributed by atoms with Crippen LogP contribution in [-0.4, -0.2) is 22.4 Å². The van der Waals surface area contributed by atoms with Crippen LogP contribution >= 0.6 is 23.2 Å². The number of amides is 3. The highest BCUT2D eigenvalue weighted by Crippen LogP contribution is 2.25. The van der Waals surface area contributed by atoms with Gasteiger partial charge < -0.3 is 10.6 Å². The van der Waals surface area contributed by atoms with Crippen molar-refractivity contribution in [1.29, 1.82) is 0 Å². The van der Waals surface area contributed by atoms with Crippen molar-refractivity contribution in [3.63, 3.8) is 0 Å². The molecule has 1 heterocycles. The Kier molecular flexibility index (Phi) is 6.82. The fraction of sp³-hybridized carbons (Fsp3) is 0.115. The average Bonchev–Trinajstić information content (AvgIpc) is 3.14. The highest BCUT2D eigenvalue weighted by Gasteiger charge is 2.22. The Balaban J connectivity index is 1.63. The number of halogens is 2. The van der Waals surface area contributed by atoms with Crippen molar-refractivity contribution in [2.75, 3.05) is 16.1 Å². The third kappa shape index (κ3) is 5.31. The van der Waals surface area contributed by atoms with E-state index >= 15 is 0 Å². The molecule has 0 bridgehead atoms. The number of anilines is 2. The van der Waals surface area contributed by atoms with E-state index in [1.54, 1.807) is 48.5 Å². The van der Waals surface area contributed by atoms with E-state index in [1.165, 1.54) is 4.68 Å². The lowest BCUT2D eigenvalue weighted by atomic mass is 10.1. The van der Waals surface area contributed by atoms with Crippen LogP contribution in [0.4, 0.5) is 11.4 Å². The molecule has 0 aliphatic carbocycles. The lowest BCUT2D eigenvalue weighted by Crippen LogP contribution is -2.36. The average molecular weight is 509 g/mol. The van der Waals surface area contributed by atoms with Crippen LogP contribution in [0.25, 0.3) is 10.9 Å². The smallest absolute Gasteiger partial charge is 0.321 e. The molecule has 9 heteroatoms. The van der Waals surface area contributed by atoms with Gasteiger partial charge in [0.15, 0.2) is 0 Å². The topological polar surface area (TPSA) is 92.2 Å². The zero-order valence-electron chi connectivity index (χ0n) is 19.2. The Morgan fingerprint density at radius 3 is 2.03 bits per heavy atom. The zero-order chi connectivity index (χ0) is 25.3. The Labute approximate surface area is 212 Å². The number of nitrogens with zero attached hydrogens (tertiary/aromatic N) is 1. The molecule has 4 rings (SSSR count). The summed E-state index contributed by atoms with van der Waals surface area (Å²) in [5.41, 5.74) is 6.97. The summed E-state index contributed by atoms with van der Waals surface area (Å²) in [7, 11) is 0. The van der Waals surface area contributed by atoms with E-state index in [0.717, 1.165) is 16.7 Å². The second-order valence-corrected chi connectivity index (χ2v) is 9.07. The lowest BCUT2D eigenvalue weighted by molar-refractivity contribution is -0.133. The lowest BCUT2D eigenvalue weighted by Gasteiger charge is -2.15. The maximum atomic E-state index is 13.1. The number of aryl methyl sites for hydroxylation is 3. The zero-order valence-corrected chi connectivity index (χ0v) is 20.7. The first-order valence-electron chi connectivity index (χ1n) is 10.7. The van der Waals surface area contributed by atoms with Gasteiger partial charge in [0.05, 0.1) is 5.52 Å². The normalized spacial score (nSPS) is 10.8. The quantitative estimate of drug-likeness (QED) is 0.302. The molecule has 3 aromatic carbocycles. The van der Waals surface area contributed by atoms with E-state index in [0.29, 0.717) is 32.3 Å². The fourth-order valence-corrected chi connectivity index (χ4v) is 4.21. The van der Waals surface area contributed by atoms with Crippen molar-refractivity contribution in [1.82, 2.24) is 4.68 Å². The summed E-state index contributed by atoms with van der Waals surface area (Å²) in [6.07, 6.45) is 0. The van der Waals surface area contributed by atoms with Crippen LogP contribution in [-0.2, 0) is 9.59 Å². The first kappa shape index (κ1) is 24.3. The molecule has 0 saturated carbocycles. The van der Waals surface area contributed by atoms with Crippen molar-refractivity contribution >= 4 is 63.2 Å². The van der Waals surface area contributed by atoms with E-state index in [-0.39, 0.29) is 5.69 Å². The summed E-state index contributed by atoms with van der Waals surface area (Å²) in [5, 5.41) is 7.04. The molecule has 0 radical (unpaired) electrons.